The Balaban J connectivity index is 2.18. The van der Waals surface area contributed by atoms with Gasteiger partial charge in [0.2, 0.25) is 0 Å². The van der Waals surface area contributed by atoms with Gasteiger partial charge in [-0.25, -0.2) is 9.29 Å². The van der Waals surface area contributed by atoms with E-state index in [0.717, 1.165) is 0 Å². The highest BCUT2D eigenvalue weighted by Crippen LogP contribution is 2.27. The first kappa shape index (κ1) is 15.1. The predicted octanol–water partition coefficient (Wildman–Crippen LogP) is -0.252. The van der Waals surface area contributed by atoms with Crippen molar-refractivity contribution >= 4 is 27.7 Å². The van der Waals surface area contributed by atoms with Gasteiger partial charge < -0.3 is 4.74 Å². The number of pyridine rings is 1. The first-order chi connectivity index (χ1) is 9.87. The number of amides is 1. The Kier molecular flexibility index (Phi) is 4.03. The number of esters is 1. The lowest BCUT2D eigenvalue weighted by atomic mass is 10.2. The molecule has 0 saturated heterocycles. The van der Waals surface area contributed by atoms with Crippen LogP contribution in [0.1, 0.15) is 23.7 Å². The van der Waals surface area contributed by atoms with Crippen LogP contribution in [0.5, 0.6) is 0 Å². The number of hydrogen-bond donors (Lipinski definition) is 0. The minimum Gasteiger partial charge on any atom is -0.466 e. The fraction of sp³-hybridized carbons (Fsp3) is 0.333. The van der Waals surface area contributed by atoms with E-state index >= 15 is 0 Å². The summed E-state index contributed by atoms with van der Waals surface area (Å²) in [5, 5.41) is -0.376. The van der Waals surface area contributed by atoms with Crippen molar-refractivity contribution in [3.63, 3.8) is 0 Å². The Bertz CT molecular complexity index is 712. The van der Waals surface area contributed by atoms with Gasteiger partial charge in [-0.1, -0.05) is 0 Å². The van der Waals surface area contributed by atoms with E-state index in [4.69, 9.17) is 0 Å². The van der Waals surface area contributed by atoms with E-state index in [-0.39, 0.29) is 17.2 Å². The van der Waals surface area contributed by atoms with Crippen LogP contribution in [0.4, 0.5) is 0 Å². The minimum absolute atomic E-state index is 0.0820. The summed E-state index contributed by atoms with van der Waals surface area (Å²) in [6.07, 6.45) is 0.657. The maximum atomic E-state index is 12.1. The quantitative estimate of drug-likeness (QED) is 0.544. The fourth-order valence-corrected chi connectivity index (χ4v) is 3.32. The number of ketones is 1. The minimum atomic E-state index is -4.14. The van der Waals surface area contributed by atoms with Crippen LogP contribution in [0.2, 0.25) is 0 Å². The molecule has 2 rings (SSSR count). The van der Waals surface area contributed by atoms with Crippen LogP contribution in [0, 0.1) is 0 Å². The molecule has 1 aromatic rings. The molecule has 21 heavy (non-hydrogen) atoms. The lowest BCUT2D eigenvalue weighted by Crippen LogP contribution is -2.35. The Hall–Kier alpha value is -2.29. The number of sulfonamides is 1. The molecule has 0 aliphatic carbocycles. The van der Waals surface area contributed by atoms with Gasteiger partial charge in [0.05, 0.1) is 18.7 Å². The number of fused-ring (bicyclic) bond motifs is 1. The molecule has 0 fully saturated rings. The molecule has 0 spiro atoms. The molecular formula is C12H12N2O6S. The molecule has 1 amide bonds. The lowest BCUT2D eigenvalue weighted by Gasteiger charge is -2.13. The first-order valence-electron chi connectivity index (χ1n) is 6.07. The molecule has 0 bridgehead atoms. The molecule has 1 aliphatic rings. The summed E-state index contributed by atoms with van der Waals surface area (Å²) < 4.78 is 29.2. The van der Waals surface area contributed by atoms with E-state index in [1.165, 1.54) is 18.3 Å². The van der Waals surface area contributed by atoms with E-state index < -0.39 is 40.6 Å². The standard InChI is InChI=1S/C12H12N2O6S/c1-2-20-10(16)6-8(15)7-14-12(17)9-4-3-5-13-11(9)21(14,18)19/h3-5H,2,6-7H2,1H3. The zero-order valence-corrected chi connectivity index (χ0v) is 11.9. The predicted molar refractivity (Wildman–Crippen MR) is 68.7 cm³/mol. The van der Waals surface area contributed by atoms with Crippen molar-refractivity contribution in [1.82, 2.24) is 9.29 Å². The largest absolute Gasteiger partial charge is 0.466 e. The summed E-state index contributed by atoms with van der Waals surface area (Å²) in [5.41, 5.74) is -0.0820. The smallest absolute Gasteiger partial charge is 0.313 e. The van der Waals surface area contributed by atoms with Crippen LogP contribution in [0.25, 0.3) is 0 Å². The summed E-state index contributed by atoms with van der Waals surface area (Å²) in [7, 11) is -4.14. The number of carbonyl (C=O) groups excluding carboxylic acids is 3. The molecule has 0 atom stereocenters. The van der Waals surface area contributed by atoms with Crippen LogP contribution in [0.3, 0.4) is 0 Å². The third-order valence-corrected chi connectivity index (χ3v) is 4.42. The third-order valence-electron chi connectivity index (χ3n) is 2.73. The fourth-order valence-electron chi connectivity index (χ4n) is 1.85. The molecule has 1 aromatic heterocycles. The number of hydrogen-bond acceptors (Lipinski definition) is 7. The van der Waals surface area contributed by atoms with Gasteiger partial charge in [-0.2, -0.15) is 8.42 Å². The van der Waals surface area contributed by atoms with Crippen molar-refractivity contribution in [2.75, 3.05) is 13.2 Å². The molecule has 0 aromatic carbocycles. The molecule has 112 valence electrons. The maximum Gasteiger partial charge on any atom is 0.313 e. The van der Waals surface area contributed by atoms with Gasteiger partial charge in [0.15, 0.2) is 10.8 Å². The molecular weight excluding hydrogens is 300 g/mol. The highest BCUT2D eigenvalue weighted by molar-refractivity contribution is 7.90. The first-order valence-corrected chi connectivity index (χ1v) is 7.51. The van der Waals surface area contributed by atoms with Crippen LogP contribution in [0.15, 0.2) is 23.4 Å². The summed E-state index contributed by atoms with van der Waals surface area (Å²) in [6, 6.07) is 2.74. The van der Waals surface area contributed by atoms with Crippen molar-refractivity contribution in [2.45, 2.75) is 18.4 Å². The Morgan fingerprint density at radius 2 is 2.10 bits per heavy atom. The molecule has 0 unspecified atom stereocenters. The highest BCUT2D eigenvalue weighted by Gasteiger charge is 2.43. The van der Waals surface area contributed by atoms with Crippen molar-refractivity contribution in [2.24, 2.45) is 0 Å². The zero-order chi connectivity index (χ0) is 15.6. The van der Waals surface area contributed by atoms with Gasteiger partial charge in [-0.3, -0.25) is 14.4 Å². The lowest BCUT2D eigenvalue weighted by molar-refractivity contribution is -0.145. The average Bonchev–Trinajstić information content (AvgIpc) is 2.61. The second kappa shape index (κ2) is 5.60. The number of nitrogens with zero attached hydrogens (tertiary/aromatic N) is 2. The maximum absolute atomic E-state index is 12.1. The normalized spacial score (nSPS) is 15.7. The number of ether oxygens (including phenoxy) is 1. The van der Waals surface area contributed by atoms with E-state index in [1.807, 2.05) is 0 Å². The van der Waals surface area contributed by atoms with Gasteiger partial charge in [0.1, 0.15) is 6.42 Å². The molecule has 1 aliphatic heterocycles. The monoisotopic (exact) mass is 312 g/mol. The molecule has 2 heterocycles. The van der Waals surface area contributed by atoms with E-state index in [9.17, 15) is 22.8 Å². The molecule has 0 saturated carbocycles. The molecule has 0 N–H and O–H groups in total. The number of carbonyl (C=O) groups is 3. The van der Waals surface area contributed by atoms with Gasteiger partial charge in [0.25, 0.3) is 15.9 Å². The second-order valence-corrected chi connectivity index (χ2v) is 5.97. The molecule has 0 radical (unpaired) electrons. The number of aromatic nitrogens is 1. The van der Waals surface area contributed by atoms with Crippen LogP contribution in [-0.2, 0) is 24.3 Å². The zero-order valence-electron chi connectivity index (χ0n) is 11.1. The van der Waals surface area contributed by atoms with Crippen LogP contribution < -0.4 is 0 Å². The van der Waals surface area contributed by atoms with E-state index in [2.05, 4.69) is 9.72 Å². The van der Waals surface area contributed by atoms with Gasteiger partial charge in [-0.05, 0) is 19.1 Å². The summed E-state index contributed by atoms with van der Waals surface area (Å²) in [5.74, 6) is -2.31. The highest BCUT2D eigenvalue weighted by atomic mass is 32.2. The van der Waals surface area contributed by atoms with Gasteiger partial charge >= 0.3 is 5.97 Å². The molecule has 8 nitrogen and oxygen atoms in total. The van der Waals surface area contributed by atoms with Crippen molar-refractivity contribution < 1.29 is 27.5 Å². The Morgan fingerprint density at radius 3 is 2.71 bits per heavy atom. The Labute approximate surface area is 120 Å². The number of rotatable bonds is 5. The van der Waals surface area contributed by atoms with Gasteiger partial charge in [0, 0.05) is 6.20 Å². The van der Waals surface area contributed by atoms with E-state index in [0.29, 0.717) is 4.31 Å². The summed E-state index contributed by atoms with van der Waals surface area (Å²) in [6.45, 7) is 0.984. The van der Waals surface area contributed by atoms with Crippen LogP contribution >= 0.6 is 0 Å². The SMILES string of the molecule is CCOC(=O)CC(=O)CN1C(=O)c2cccnc2S1(=O)=O. The van der Waals surface area contributed by atoms with Crippen LogP contribution in [-0.4, -0.2) is 48.5 Å². The Morgan fingerprint density at radius 1 is 1.38 bits per heavy atom. The van der Waals surface area contributed by atoms with Crippen molar-refractivity contribution in [3.8, 4) is 0 Å². The third kappa shape index (κ3) is 2.77. The summed E-state index contributed by atoms with van der Waals surface area (Å²) in [4.78, 5) is 38.5. The summed E-state index contributed by atoms with van der Waals surface area (Å²) >= 11 is 0. The molecule has 9 heteroatoms. The number of Topliss-reactive ketones (excluding diaryl/α,β-unsaturated/α-hetero) is 1. The topological polar surface area (TPSA) is 111 Å². The van der Waals surface area contributed by atoms with Gasteiger partial charge in [-0.15, -0.1) is 0 Å². The second-order valence-electron chi connectivity index (χ2n) is 4.19. The van der Waals surface area contributed by atoms with E-state index in [1.54, 1.807) is 6.92 Å². The average molecular weight is 312 g/mol. The van der Waals surface area contributed by atoms with Crippen molar-refractivity contribution in [3.05, 3.63) is 23.9 Å². The van der Waals surface area contributed by atoms with Crippen molar-refractivity contribution in [1.29, 1.82) is 0 Å².